The molecular weight excluding hydrogens is 969 g/mol. The average molecular weight is 1050 g/mol. The monoisotopic (exact) mass is 1050 g/mol. The second kappa shape index (κ2) is 25.7. The first-order valence-electron chi connectivity index (χ1n) is 27.8. The number of rotatable bonds is 23. The molecule has 0 spiro atoms. The number of H-pyrrole nitrogens is 1. The topological polar surface area (TPSA) is 172 Å². The fraction of sp³-hybridized carbons (Fsp3) is 0.508. The number of benzene rings is 4. The number of piperazine rings is 1. The first-order chi connectivity index (χ1) is 36.9. The van der Waals surface area contributed by atoms with Gasteiger partial charge in [-0.15, -0.1) is 5.10 Å². The summed E-state index contributed by atoms with van der Waals surface area (Å²) in [6.07, 6.45) is 2.63. The number of nitrogens with one attached hydrogen (secondary N) is 3. The van der Waals surface area contributed by atoms with E-state index in [2.05, 4.69) is 123 Å². The Balaban J connectivity index is 0.851. The summed E-state index contributed by atoms with van der Waals surface area (Å²) < 4.78 is 19.8. The van der Waals surface area contributed by atoms with E-state index in [4.69, 9.17) is 24.3 Å². The Hall–Kier alpha value is -6.62. The van der Waals surface area contributed by atoms with Crippen molar-refractivity contribution in [2.75, 3.05) is 89.2 Å². The molecule has 0 unspecified atom stereocenters. The third kappa shape index (κ3) is 14.7. The normalized spacial score (nSPS) is 14.0. The van der Waals surface area contributed by atoms with E-state index in [0.29, 0.717) is 95.8 Å². The van der Waals surface area contributed by atoms with Gasteiger partial charge >= 0.3 is 0 Å². The maximum atomic E-state index is 14.0. The number of amides is 3. The predicted octanol–water partition coefficient (Wildman–Crippen LogP) is 9.69. The number of aromatic nitrogens is 5. The number of aryl methyl sites for hydroxylation is 1. The molecule has 3 N–H and O–H groups in total. The Morgan fingerprint density at radius 2 is 1.40 bits per heavy atom. The van der Waals surface area contributed by atoms with Crippen LogP contribution in [0.5, 0.6) is 5.75 Å². The van der Waals surface area contributed by atoms with E-state index in [1.54, 1.807) is 4.90 Å². The molecule has 0 radical (unpaired) electrons. The summed E-state index contributed by atoms with van der Waals surface area (Å²) in [4.78, 5) is 55.4. The van der Waals surface area contributed by atoms with Gasteiger partial charge in [0.25, 0.3) is 0 Å². The van der Waals surface area contributed by atoms with Crippen molar-refractivity contribution in [1.82, 2.24) is 40.5 Å². The van der Waals surface area contributed by atoms with Gasteiger partial charge in [0.1, 0.15) is 17.3 Å². The van der Waals surface area contributed by atoms with Crippen molar-refractivity contribution in [2.24, 2.45) is 5.92 Å². The van der Waals surface area contributed by atoms with Crippen molar-refractivity contribution in [3.63, 3.8) is 0 Å². The molecule has 16 nitrogen and oxygen atoms in total. The molecule has 77 heavy (non-hydrogen) atoms. The van der Waals surface area contributed by atoms with Gasteiger partial charge in [0.15, 0.2) is 0 Å². The minimum Gasteiger partial charge on any atom is -0.493 e. The lowest BCUT2D eigenvalue weighted by Crippen LogP contribution is -2.44. The molecule has 6 aromatic rings. The van der Waals surface area contributed by atoms with Crippen LogP contribution in [-0.4, -0.2) is 127 Å². The maximum absolute atomic E-state index is 14.0. The van der Waals surface area contributed by atoms with Crippen LogP contribution >= 0.6 is 0 Å². The second-order valence-corrected chi connectivity index (χ2v) is 23.1. The van der Waals surface area contributed by atoms with Crippen LogP contribution in [0.1, 0.15) is 111 Å². The summed E-state index contributed by atoms with van der Waals surface area (Å²) in [5, 5.41) is 15.3. The lowest BCUT2D eigenvalue weighted by atomic mass is 9.78. The SMILES string of the molecule is CC(C)CCOCCOCCNC(=O)CCC(=O)N1Cc2ccccc2-c2c(nnn2CCCNC(=O)CCCOc2c(C(C)(C)C)cc(-c3nc4ccc(N5CCN(C)CC5)cc4[nH]3)cc2C(C)(C)C)-c2ccccc21. The molecule has 4 aromatic carbocycles. The summed E-state index contributed by atoms with van der Waals surface area (Å²) >= 11 is 0. The second-order valence-electron chi connectivity index (χ2n) is 23.1. The Bertz CT molecular complexity index is 2920. The number of aromatic amines is 1. The van der Waals surface area contributed by atoms with Crippen molar-refractivity contribution in [3.8, 4) is 39.7 Å². The standard InChI is InChI=1S/C61H82N10O6/c1-42(2)25-34-75-36-37-76-35-27-63-54(73)23-24-55(74)70-41-43-16-10-11-17-46(43)57-56(47-18-12-13-19-52(47)70)66-67-71(57)28-15-26-62-53(72)20-14-33-77-58-48(60(3,4)5)38-44(39-49(58)61(6,7)8)59-64-50-22-21-45(40-51(50)65-59)69-31-29-68(9)30-32-69/h10-13,16-19,21-22,38-40,42H,14-15,20,23-37,41H2,1-9H3,(H,62,72)(H,63,73)(H,64,65). The van der Waals surface area contributed by atoms with Crippen molar-refractivity contribution in [3.05, 3.63) is 95.6 Å². The molecule has 2 aliphatic rings. The molecule has 0 aliphatic carbocycles. The van der Waals surface area contributed by atoms with Gasteiger partial charge in [-0.2, -0.15) is 0 Å². The zero-order valence-electron chi connectivity index (χ0n) is 47.1. The van der Waals surface area contributed by atoms with Crippen LogP contribution in [-0.2, 0) is 47.8 Å². The van der Waals surface area contributed by atoms with E-state index in [1.165, 1.54) is 5.69 Å². The number of para-hydroxylation sites is 1. The van der Waals surface area contributed by atoms with Crippen LogP contribution in [0.25, 0.3) is 44.9 Å². The van der Waals surface area contributed by atoms with Gasteiger partial charge in [0, 0.05) is 105 Å². The third-order valence-corrected chi connectivity index (χ3v) is 14.4. The quantitative estimate of drug-likeness (QED) is 0.0522. The molecule has 0 bridgehead atoms. The van der Waals surface area contributed by atoms with E-state index >= 15 is 0 Å². The van der Waals surface area contributed by atoms with E-state index in [9.17, 15) is 14.4 Å². The van der Waals surface area contributed by atoms with Crippen molar-refractivity contribution in [1.29, 1.82) is 0 Å². The minimum absolute atomic E-state index is 0.0325. The molecule has 412 valence electrons. The van der Waals surface area contributed by atoms with E-state index < -0.39 is 0 Å². The fourth-order valence-electron chi connectivity index (χ4n) is 9.92. The van der Waals surface area contributed by atoms with Crippen LogP contribution < -0.4 is 25.2 Å². The van der Waals surface area contributed by atoms with E-state index in [0.717, 1.165) is 94.3 Å². The molecule has 4 heterocycles. The largest absolute Gasteiger partial charge is 0.493 e. The highest BCUT2D eigenvalue weighted by Crippen LogP contribution is 2.44. The number of hydrogen-bond acceptors (Lipinski definition) is 11. The molecule has 8 rings (SSSR count). The van der Waals surface area contributed by atoms with Gasteiger partial charge in [-0.3, -0.25) is 14.4 Å². The first kappa shape index (κ1) is 56.6. The predicted molar refractivity (Wildman–Crippen MR) is 306 cm³/mol. The molecule has 0 atom stereocenters. The smallest absolute Gasteiger partial charge is 0.227 e. The lowest BCUT2D eigenvalue weighted by molar-refractivity contribution is -0.125. The Morgan fingerprint density at radius 3 is 2.13 bits per heavy atom. The Labute approximate surface area is 455 Å². The summed E-state index contributed by atoms with van der Waals surface area (Å²) in [6.45, 7) is 25.8. The Kier molecular flexibility index (Phi) is 18.9. The summed E-state index contributed by atoms with van der Waals surface area (Å²) in [5.74, 6) is 1.91. The maximum Gasteiger partial charge on any atom is 0.227 e. The number of ether oxygens (including phenoxy) is 3. The Morgan fingerprint density at radius 1 is 0.727 bits per heavy atom. The lowest BCUT2D eigenvalue weighted by Gasteiger charge is -2.34. The van der Waals surface area contributed by atoms with Gasteiger partial charge in [-0.1, -0.05) is 103 Å². The van der Waals surface area contributed by atoms with E-state index in [1.807, 2.05) is 53.2 Å². The number of likely N-dealkylation sites (N-methyl/N-ethyl adjacent to an activating group) is 1. The molecule has 2 aromatic heterocycles. The third-order valence-electron chi connectivity index (χ3n) is 14.4. The number of nitrogens with zero attached hydrogens (tertiary/aromatic N) is 7. The van der Waals surface area contributed by atoms with E-state index in [-0.39, 0.29) is 41.4 Å². The van der Waals surface area contributed by atoms with Gasteiger partial charge in [0.2, 0.25) is 17.7 Å². The average Bonchev–Trinajstić information content (AvgIpc) is 4.06. The summed E-state index contributed by atoms with van der Waals surface area (Å²) in [6, 6.07) is 26.7. The van der Waals surface area contributed by atoms with Crippen molar-refractivity contribution < 1.29 is 28.6 Å². The number of fused-ring (bicyclic) bond motifs is 6. The zero-order valence-corrected chi connectivity index (χ0v) is 47.1. The molecule has 16 heteroatoms. The number of carbonyl (C=O) groups excluding carboxylic acids is 3. The van der Waals surface area contributed by atoms with Gasteiger partial charge in [-0.25, -0.2) is 9.67 Å². The van der Waals surface area contributed by atoms with Crippen molar-refractivity contribution in [2.45, 2.75) is 118 Å². The van der Waals surface area contributed by atoms with Crippen LogP contribution in [0.4, 0.5) is 11.4 Å². The minimum atomic E-state index is -0.226. The summed E-state index contributed by atoms with van der Waals surface area (Å²) in [5.41, 5.74) is 10.8. The molecule has 1 fully saturated rings. The van der Waals surface area contributed by atoms with Gasteiger partial charge in [0.05, 0.1) is 55.4 Å². The van der Waals surface area contributed by atoms with Crippen LogP contribution in [0.15, 0.2) is 78.9 Å². The van der Waals surface area contributed by atoms with Crippen molar-refractivity contribution >= 4 is 40.1 Å². The molecule has 0 saturated carbocycles. The highest BCUT2D eigenvalue weighted by molar-refractivity contribution is 6.01. The highest BCUT2D eigenvalue weighted by atomic mass is 16.5. The number of hydrogen-bond donors (Lipinski definition) is 3. The number of imidazole rings is 1. The molecular formula is C61H82N10O6. The zero-order chi connectivity index (χ0) is 54.7. The molecule has 3 amide bonds. The highest BCUT2D eigenvalue weighted by Gasteiger charge is 2.31. The number of anilines is 2. The summed E-state index contributed by atoms with van der Waals surface area (Å²) in [7, 11) is 2.18. The van der Waals surface area contributed by atoms with Gasteiger partial charge < -0.3 is 44.5 Å². The van der Waals surface area contributed by atoms with Gasteiger partial charge in [-0.05, 0) is 85.0 Å². The molecule has 2 aliphatic heterocycles. The van der Waals surface area contributed by atoms with Crippen LogP contribution in [0, 0.1) is 5.92 Å². The number of carbonyl (C=O) groups is 3. The fourth-order valence-corrected chi connectivity index (χ4v) is 9.92. The van der Waals surface area contributed by atoms with Crippen LogP contribution in [0.2, 0.25) is 0 Å². The molecule has 1 saturated heterocycles. The first-order valence-corrected chi connectivity index (χ1v) is 27.8. The van der Waals surface area contributed by atoms with Crippen LogP contribution in [0.3, 0.4) is 0 Å².